The molecular weight excluding hydrogens is 306 g/mol. The van der Waals surface area contributed by atoms with Gasteiger partial charge in [0, 0.05) is 0 Å². The van der Waals surface area contributed by atoms with Gasteiger partial charge in [-0.25, -0.2) is 5.06 Å². The Morgan fingerprint density at radius 3 is 2.62 bits per heavy atom. The molecule has 5 heteroatoms. The monoisotopic (exact) mass is 333 g/mol. The molecule has 1 aromatic rings. The van der Waals surface area contributed by atoms with E-state index in [9.17, 15) is 9.59 Å². The summed E-state index contributed by atoms with van der Waals surface area (Å²) < 4.78 is 5.19. The number of hydroxylamine groups is 2. The third kappa shape index (κ3) is 5.96. The van der Waals surface area contributed by atoms with Gasteiger partial charge < -0.3 is 4.74 Å². The fourth-order valence-electron chi connectivity index (χ4n) is 3.23. The summed E-state index contributed by atoms with van der Waals surface area (Å²) in [5.74, 6) is -0.0179. The van der Waals surface area contributed by atoms with Crippen molar-refractivity contribution in [2.75, 3.05) is 13.2 Å². The van der Waals surface area contributed by atoms with Gasteiger partial charge in [0.05, 0.1) is 19.1 Å². The van der Waals surface area contributed by atoms with E-state index >= 15 is 0 Å². The lowest BCUT2D eigenvalue weighted by atomic mass is 9.93. The number of amides is 1. The van der Waals surface area contributed by atoms with Crippen molar-refractivity contribution >= 4 is 12.4 Å². The number of benzene rings is 1. The number of ether oxygens (including phenoxy) is 1. The number of rotatable bonds is 10. The molecule has 24 heavy (non-hydrogen) atoms. The van der Waals surface area contributed by atoms with Crippen molar-refractivity contribution in [1.29, 1.82) is 0 Å². The second-order valence-corrected chi connectivity index (χ2v) is 6.30. The number of nitrogens with zero attached hydrogens (tertiary/aromatic N) is 1. The van der Waals surface area contributed by atoms with Crippen molar-refractivity contribution in [3.63, 3.8) is 0 Å². The number of carbonyl (C=O) groups excluding carboxylic acids is 2. The van der Waals surface area contributed by atoms with E-state index in [1.165, 1.54) is 17.9 Å². The smallest absolute Gasteiger partial charge is 0.310 e. The second-order valence-electron chi connectivity index (χ2n) is 6.30. The summed E-state index contributed by atoms with van der Waals surface area (Å²) in [6.45, 7) is 2.70. The zero-order chi connectivity index (χ0) is 17.2. The molecule has 1 aromatic carbocycles. The quantitative estimate of drug-likeness (QED) is 0.374. The van der Waals surface area contributed by atoms with E-state index in [1.807, 2.05) is 30.3 Å². The van der Waals surface area contributed by atoms with Crippen LogP contribution in [0.15, 0.2) is 30.3 Å². The molecular formula is C19H27NO4. The first-order chi connectivity index (χ1) is 11.7. The van der Waals surface area contributed by atoms with Gasteiger partial charge in [-0.05, 0) is 24.8 Å². The first kappa shape index (κ1) is 18.5. The summed E-state index contributed by atoms with van der Waals surface area (Å²) in [6.07, 6.45) is 6.16. The molecule has 0 aromatic heterocycles. The standard InChI is InChI=1S/C19H27NO4/c1-2-23-19(22)18(12-16-8-6-7-9-16)13-20(15-21)24-14-17-10-4-3-5-11-17/h3-5,10-11,15-16,18H,2,6-9,12-14H2,1H3. The molecule has 0 radical (unpaired) electrons. The molecule has 1 aliphatic rings. The Hall–Kier alpha value is -1.88. The highest BCUT2D eigenvalue weighted by atomic mass is 16.7. The highest BCUT2D eigenvalue weighted by Gasteiger charge is 2.28. The minimum absolute atomic E-state index is 0.237. The Balaban J connectivity index is 1.90. The van der Waals surface area contributed by atoms with Crippen LogP contribution in [0.4, 0.5) is 0 Å². The maximum Gasteiger partial charge on any atom is 0.310 e. The summed E-state index contributed by atoms with van der Waals surface area (Å²) in [5.41, 5.74) is 0.979. The van der Waals surface area contributed by atoms with E-state index in [4.69, 9.17) is 9.57 Å². The zero-order valence-corrected chi connectivity index (χ0v) is 14.4. The topological polar surface area (TPSA) is 55.8 Å². The van der Waals surface area contributed by atoms with E-state index in [1.54, 1.807) is 6.92 Å². The van der Waals surface area contributed by atoms with E-state index in [0.29, 0.717) is 25.5 Å². The molecule has 0 bridgehead atoms. The first-order valence-corrected chi connectivity index (χ1v) is 8.78. The third-order valence-corrected chi connectivity index (χ3v) is 4.47. The maximum absolute atomic E-state index is 12.2. The summed E-state index contributed by atoms with van der Waals surface area (Å²) in [7, 11) is 0. The van der Waals surface area contributed by atoms with Crippen LogP contribution in [0.3, 0.4) is 0 Å². The van der Waals surface area contributed by atoms with Gasteiger partial charge in [0.2, 0.25) is 6.41 Å². The van der Waals surface area contributed by atoms with Crippen molar-refractivity contribution in [2.45, 2.75) is 45.6 Å². The van der Waals surface area contributed by atoms with Crippen LogP contribution in [0.2, 0.25) is 0 Å². The highest BCUT2D eigenvalue weighted by molar-refractivity contribution is 5.73. The van der Waals surface area contributed by atoms with Crippen LogP contribution in [0.1, 0.15) is 44.6 Å². The SMILES string of the molecule is CCOC(=O)C(CC1CCCC1)CN(C=O)OCc1ccccc1. The van der Waals surface area contributed by atoms with E-state index < -0.39 is 0 Å². The highest BCUT2D eigenvalue weighted by Crippen LogP contribution is 2.31. The maximum atomic E-state index is 12.2. The lowest BCUT2D eigenvalue weighted by molar-refractivity contribution is -0.185. The van der Waals surface area contributed by atoms with Crippen LogP contribution in [0.25, 0.3) is 0 Å². The van der Waals surface area contributed by atoms with Crippen LogP contribution in [-0.4, -0.2) is 30.6 Å². The lowest BCUT2D eigenvalue weighted by Gasteiger charge is -2.24. The molecule has 2 rings (SSSR count). The first-order valence-electron chi connectivity index (χ1n) is 8.78. The van der Waals surface area contributed by atoms with Crippen LogP contribution in [-0.2, 0) is 25.8 Å². The molecule has 0 spiro atoms. The molecule has 1 fully saturated rings. The van der Waals surface area contributed by atoms with Gasteiger partial charge in [0.15, 0.2) is 0 Å². The molecule has 132 valence electrons. The Morgan fingerprint density at radius 2 is 2.00 bits per heavy atom. The molecule has 1 aliphatic carbocycles. The van der Waals surface area contributed by atoms with Crippen LogP contribution < -0.4 is 0 Å². The van der Waals surface area contributed by atoms with Gasteiger partial charge in [-0.3, -0.25) is 14.4 Å². The van der Waals surface area contributed by atoms with Crippen LogP contribution >= 0.6 is 0 Å². The number of hydrogen-bond acceptors (Lipinski definition) is 4. The van der Waals surface area contributed by atoms with E-state index in [0.717, 1.165) is 24.8 Å². The Kier molecular flexibility index (Phi) is 7.75. The molecule has 1 saturated carbocycles. The van der Waals surface area contributed by atoms with Gasteiger partial charge in [-0.1, -0.05) is 56.0 Å². The normalized spacial score (nSPS) is 15.9. The summed E-state index contributed by atoms with van der Waals surface area (Å²) in [5, 5.41) is 1.23. The summed E-state index contributed by atoms with van der Waals surface area (Å²) in [4.78, 5) is 29.1. The molecule has 1 atom stereocenters. The molecule has 0 N–H and O–H groups in total. The summed E-state index contributed by atoms with van der Waals surface area (Å²) >= 11 is 0. The average Bonchev–Trinajstić information content (AvgIpc) is 3.11. The minimum atomic E-state index is -0.325. The van der Waals surface area contributed by atoms with E-state index in [2.05, 4.69) is 0 Å². The fourth-order valence-corrected chi connectivity index (χ4v) is 3.23. The number of esters is 1. The Morgan fingerprint density at radius 1 is 1.29 bits per heavy atom. The second kappa shape index (κ2) is 10.1. The summed E-state index contributed by atoms with van der Waals surface area (Å²) in [6, 6.07) is 9.64. The number of hydrogen-bond donors (Lipinski definition) is 0. The van der Waals surface area contributed by atoms with Crippen molar-refractivity contribution in [3.05, 3.63) is 35.9 Å². The fraction of sp³-hybridized carbons (Fsp3) is 0.579. The minimum Gasteiger partial charge on any atom is -0.466 e. The molecule has 0 heterocycles. The lowest BCUT2D eigenvalue weighted by Crippen LogP contribution is -2.34. The van der Waals surface area contributed by atoms with Gasteiger partial charge in [0.1, 0.15) is 6.61 Å². The predicted octanol–water partition coefficient (Wildman–Crippen LogP) is 3.34. The third-order valence-electron chi connectivity index (χ3n) is 4.47. The van der Waals surface area contributed by atoms with Gasteiger partial charge in [-0.15, -0.1) is 0 Å². The largest absolute Gasteiger partial charge is 0.466 e. The van der Waals surface area contributed by atoms with E-state index in [-0.39, 0.29) is 18.4 Å². The van der Waals surface area contributed by atoms with Gasteiger partial charge in [-0.2, -0.15) is 0 Å². The van der Waals surface area contributed by atoms with Crippen molar-refractivity contribution in [1.82, 2.24) is 5.06 Å². The Bertz CT molecular complexity index is 499. The Labute approximate surface area is 143 Å². The molecule has 1 unspecified atom stereocenters. The van der Waals surface area contributed by atoms with Crippen molar-refractivity contribution in [2.24, 2.45) is 11.8 Å². The van der Waals surface area contributed by atoms with Gasteiger partial charge in [0.25, 0.3) is 0 Å². The van der Waals surface area contributed by atoms with Gasteiger partial charge >= 0.3 is 5.97 Å². The van der Waals surface area contributed by atoms with Crippen molar-refractivity contribution in [3.8, 4) is 0 Å². The van der Waals surface area contributed by atoms with Crippen LogP contribution in [0.5, 0.6) is 0 Å². The van der Waals surface area contributed by atoms with Crippen LogP contribution in [0, 0.1) is 11.8 Å². The average molecular weight is 333 g/mol. The molecule has 5 nitrogen and oxygen atoms in total. The molecule has 0 saturated heterocycles. The molecule has 0 aliphatic heterocycles. The zero-order valence-electron chi connectivity index (χ0n) is 14.4. The predicted molar refractivity (Wildman–Crippen MR) is 90.7 cm³/mol. The number of carbonyl (C=O) groups is 2. The van der Waals surface area contributed by atoms with Crippen molar-refractivity contribution < 1.29 is 19.2 Å². The molecule has 1 amide bonds.